The molecule has 0 fully saturated rings. The number of hydrogen-bond donors (Lipinski definition) is 1. The smallest absolute Gasteiger partial charge is 0.0420 e. The predicted octanol–water partition coefficient (Wildman–Crippen LogP) is 1.65. The highest BCUT2D eigenvalue weighted by Gasteiger charge is 2.16. The summed E-state index contributed by atoms with van der Waals surface area (Å²) in [6, 6.07) is 6.20. The standard InChI is InChI=1S/C10H14N2/c1-2-12-6-5-8-3-4-9(11)7-10(8)12/h3-4,7H,2,5-6,11H2,1H3. The van der Waals surface area contributed by atoms with Gasteiger partial charge in [-0.15, -0.1) is 0 Å². The second kappa shape index (κ2) is 2.70. The van der Waals surface area contributed by atoms with Crippen molar-refractivity contribution in [3.8, 4) is 0 Å². The summed E-state index contributed by atoms with van der Waals surface area (Å²) < 4.78 is 0. The quantitative estimate of drug-likeness (QED) is 0.636. The van der Waals surface area contributed by atoms with Gasteiger partial charge in [-0.2, -0.15) is 0 Å². The zero-order valence-corrected chi connectivity index (χ0v) is 7.38. The van der Waals surface area contributed by atoms with Crippen LogP contribution in [0.4, 0.5) is 11.4 Å². The lowest BCUT2D eigenvalue weighted by molar-refractivity contribution is 0.868. The van der Waals surface area contributed by atoms with Gasteiger partial charge in [0, 0.05) is 24.5 Å². The van der Waals surface area contributed by atoms with Crippen LogP contribution in [0.15, 0.2) is 18.2 Å². The summed E-state index contributed by atoms with van der Waals surface area (Å²) in [5.74, 6) is 0. The molecule has 1 aromatic rings. The Balaban J connectivity index is 2.42. The van der Waals surface area contributed by atoms with E-state index in [-0.39, 0.29) is 0 Å². The highest BCUT2D eigenvalue weighted by Crippen LogP contribution is 2.29. The highest BCUT2D eigenvalue weighted by molar-refractivity contribution is 5.64. The first kappa shape index (κ1) is 7.47. The molecular formula is C10H14N2. The Morgan fingerprint density at radius 3 is 3.08 bits per heavy atom. The van der Waals surface area contributed by atoms with E-state index in [9.17, 15) is 0 Å². The number of nitrogens with two attached hydrogens (primary N) is 1. The van der Waals surface area contributed by atoms with Crippen LogP contribution in [0.3, 0.4) is 0 Å². The van der Waals surface area contributed by atoms with Gasteiger partial charge in [0.2, 0.25) is 0 Å². The summed E-state index contributed by atoms with van der Waals surface area (Å²) in [7, 11) is 0. The summed E-state index contributed by atoms with van der Waals surface area (Å²) >= 11 is 0. The maximum absolute atomic E-state index is 5.72. The van der Waals surface area contributed by atoms with Crippen molar-refractivity contribution in [3.63, 3.8) is 0 Å². The van der Waals surface area contributed by atoms with E-state index >= 15 is 0 Å². The van der Waals surface area contributed by atoms with Crippen molar-refractivity contribution in [3.05, 3.63) is 23.8 Å². The van der Waals surface area contributed by atoms with Gasteiger partial charge in [-0.3, -0.25) is 0 Å². The Morgan fingerprint density at radius 2 is 2.33 bits per heavy atom. The first-order valence-electron chi connectivity index (χ1n) is 4.44. The van der Waals surface area contributed by atoms with Crippen molar-refractivity contribution in [2.45, 2.75) is 13.3 Å². The van der Waals surface area contributed by atoms with Crippen molar-refractivity contribution in [1.82, 2.24) is 0 Å². The summed E-state index contributed by atoms with van der Waals surface area (Å²) in [5, 5.41) is 0. The van der Waals surface area contributed by atoms with E-state index in [0.29, 0.717) is 0 Å². The molecule has 0 atom stereocenters. The Kier molecular flexibility index (Phi) is 1.68. The maximum Gasteiger partial charge on any atom is 0.0420 e. The molecule has 0 aliphatic carbocycles. The molecule has 0 radical (unpaired) electrons. The first-order chi connectivity index (χ1) is 5.81. The number of hydrogen-bond acceptors (Lipinski definition) is 2. The number of rotatable bonds is 1. The molecule has 64 valence electrons. The third-order valence-electron chi connectivity index (χ3n) is 2.48. The Bertz CT molecular complexity index is 294. The van der Waals surface area contributed by atoms with Crippen LogP contribution in [0, 0.1) is 0 Å². The molecule has 2 N–H and O–H groups in total. The largest absolute Gasteiger partial charge is 0.399 e. The molecule has 0 saturated heterocycles. The summed E-state index contributed by atoms with van der Waals surface area (Å²) in [6.45, 7) is 4.41. The van der Waals surface area contributed by atoms with Crippen LogP contribution in [0.5, 0.6) is 0 Å². The van der Waals surface area contributed by atoms with Crippen molar-refractivity contribution in [1.29, 1.82) is 0 Å². The van der Waals surface area contributed by atoms with Gasteiger partial charge in [-0.1, -0.05) is 6.07 Å². The van der Waals surface area contributed by atoms with E-state index in [1.807, 2.05) is 6.07 Å². The average molecular weight is 162 g/mol. The number of nitrogen functional groups attached to an aromatic ring is 1. The van der Waals surface area contributed by atoms with E-state index in [4.69, 9.17) is 5.73 Å². The fourth-order valence-corrected chi connectivity index (χ4v) is 1.79. The minimum atomic E-state index is 0.870. The molecule has 0 unspecified atom stereocenters. The number of likely N-dealkylation sites (N-methyl/N-ethyl adjacent to an activating group) is 1. The highest BCUT2D eigenvalue weighted by atomic mass is 15.1. The van der Waals surface area contributed by atoms with E-state index < -0.39 is 0 Å². The fraction of sp³-hybridized carbons (Fsp3) is 0.400. The molecule has 1 aliphatic rings. The Hall–Kier alpha value is -1.18. The van der Waals surface area contributed by atoms with Crippen LogP contribution in [0.25, 0.3) is 0 Å². The van der Waals surface area contributed by atoms with Gasteiger partial charge in [0.1, 0.15) is 0 Å². The Labute approximate surface area is 73.0 Å². The predicted molar refractivity (Wildman–Crippen MR) is 52.4 cm³/mol. The topological polar surface area (TPSA) is 29.3 Å². The first-order valence-corrected chi connectivity index (χ1v) is 4.44. The zero-order valence-electron chi connectivity index (χ0n) is 7.38. The van der Waals surface area contributed by atoms with Gasteiger partial charge in [0.15, 0.2) is 0 Å². The molecule has 2 rings (SSSR count). The van der Waals surface area contributed by atoms with E-state index in [1.54, 1.807) is 0 Å². The van der Waals surface area contributed by atoms with Gasteiger partial charge in [-0.25, -0.2) is 0 Å². The zero-order chi connectivity index (χ0) is 8.55. The third kappa shape index (κ3) is 1.04. The van der Waals surface area contributed by atoms with Gasteiger partial charge in [-0.05, 0) is 31.0 Å². The van der Waals surface area contributed by atoms with Gasteiger partial charge in [0.05, 0.1) is 0 Å². The molecule has 0 aromatic heterocycles. The van der Waals surface area contributed by atoms with Crippen molar-refractivity contribution < 1.29 is 0 Å². The van der Waals surface area contributed by atoms with E-state index in [0.717, 1.165) is 18.8 Å². The van der Waals surface area contributed by atoms with Crippen LogP contribution in [0.1, 0.15) is 12.5 Å². The number of anilines is 2. The van der Waals surface area contributed by atoms with Gasteiger partial charge in [0.25, 0.3) is 0 Å². The average Bonchev–Trinajstić information content (AvgIpc) is 2.46. The fourth-order valence-electron chi connectivity index (χ4n) is 1.79. The molecule has 0 bridgehead atoms. The minimum absolute atomic E-state index is 0.870. The molecule has 0 spiro atoms. The van der Waals surface area contributed by atoms with Crippen molar-refractivity contribution in [2.75, 3.05) is 23.7 Å². The molecule has 2 nitrogen and oxygen atoms in total. The summed E-state index contributed by atoms with van der Waals surface area (Å²) in [5.41, 5.74) is 9.36. The molecular weight excluding hydrogens is 148 g/mol. The SMILES string of the molecule is CCN1CCc2ccc(N)cc21. The number of benzene rings is 1. The van der Waals surface area contributed by atoms with Crippen molar-refractivity contribution in [2.24, 2.45) is 0 Å². The second-order valence-corrected chi connectivity index (χ2v) is 3.22. The van der Waals surface area contributed by atoms with Crippen LogP contribution in [-0.2, 0) is 6.42 Å². The molecule has 2 heteroatoms. The lowest BCUT2D eigenvalue weighted by Crippen LogP contribution is -2.19. The van der Waals surface area contributed by atoms with Gasteiger partial charge >= 0.3 is 0 Å². The normalized spacial score (nSPS) is 14.9. The number of fused-ring (bicyclic) bond motifs is 1. The van der Waals surface area contributed by atoms with Crippen LogP contribution in [0.2, 0.25) is 0 Å². The maximum atomic E-state index is 5.72. The summed E-state index contributed by atoms with van der Waals surface area (Å²) in [6.07, 6.45) is 1.17. The van der Waals surface area contributed by atoms with Crippen LogP contribution < -0.4 is 10.6 Å². The van der Waals surface area contributed by atoms with Crippen molar-refractivity contribution >= 4 is 11.4 Å². The lowest BCUT2D eigenvalue weighted by atomic mass is 10.1. The van der Waals surface area contributed by atoms with E-state index in [2.05, 4.69) is 24.0 Å². The van der Waals surface area contributed by atoms with Crippen LogP contribution in [-0.4, -0.2) is 13.1 Å². The molecule has 1 aliphatic heterocycles. The Morgan fingerprint density at radius 1 is 1.50 bits per heavy atom. The lowest BCUT2D eigenvalue weighted by Gasteiger charge is -2.16. The summed E-state index contributed by atoms with van der Waals surface area (Å²) in [4.78, 5) is 2.37. The third-order valence-corrected chi connectivity index (χ3v) is 2.48. The molecule has 1 heterocycles. The second-order valence-electron chi connectivity index (χ2n) is 3.22. The molecule has 1 aromatic carbocycles. The molecule has 0 saturated carbocycles. The monoisotopic (exact) mass is 162 g/mol. The molecule has 12 heavy (non-hydrogen) atoms. The molecule has 0 amide bonds. The van der Waals surface area contributed by atoms with Crippen LogP contribution >= 0.6 is 0 Å². The van der Waals surface area contributed by atoms with Gasteiger partial charge < -0.3 is 10.6 Å². The van der Waals surface area contributed by atoms with E-state index in [1.165, 1.54) is 17.7 Å². The minimum Gasteiger partial charge on any atom is -0.399 e. The number of nitrogens with zero attached hydrogens (tertiary/aromatic N) is 1.